The molecule has 4 rings (SSSR count). The molecule has 1 N–H and O–H groups in total. The number of amides is 1. The zero-order valence-electron chi connectivity index (χ0n) is 15.9. The summed E-state index contributed by atoms with van der Waals surface area (Å²) < 4.78 is 6.45. The smallest absolute Gasteiger partial charge is 0.256 e. The SMILES string of the molecule is CCOc1ccc(NC(=O)c2cc(-c3ccc(Br)cc3)nc3ccccc23)cc1. The molecule has 0 radical (unpaired) electrons. The number of hydrogen-bond donors (Lipinski definition) is 1. The normalized spacial score (nSPS) is 10.7. The van der Waals surface area contributed by atoms with Gasteiger partial charge in [0.25, 0.3) is 5.91 Å². The molecule has 0 aliphatic carbocycles. The lowest BCUT2D eigenvalue weighted by molar-refractivity contribution is 0.102. The van der Waals surface area contributed by atoms with Crippen molar-refractivity contribution < 1.29 is 9.53 Å². The van der Waals surface area contributed by atoms with Crippen molar-refractivity contribution in [2.45, 2.75) is 6.92 Å². The van der Waals surface area contributed by atoms with Crippen LogP contribution in [0.1, 0.15) is 17.3 Å². The van der Waals surface area contributed by atoms with E-state index in [1.54, 1.807) is 0 Å². The van der Waals surface area contributed by atoms with E-state index in [9.17, 15) is 4.79 Å². The van der Waals surface area contributed by atoms with Crippen molar-refractivity contribution in [1.82, 2.24) is 4.98 Å². The molecule has 1 heterocycles. The molecule has 144 valence electrons. The number of nitrogens with one attached hydrogen (secondary N) is 1. The number of rotatable bonds is 5. The molecule has 0 aliphatic rings. The zero-order valence-corrected chi connectivity index (χ0v) is 17.4. The van der Waals surface area contributed by atoms with Crippen LogP contribution in [0.15, 0.2) is 83.3 Å². The van der Waals surface area contributed by atoms with Crippen LogP contribution in [0.3, 0.4) is 0 Å². The molecular formula is C24H19BrN2O2. The molecule has 0 spiro atoms. The molecule has 1 aromatic heterocycles. The molecule has 0 saturated heterocycles. The standard InChI is InChI=1S/C24H19BrN2O2/c1-2-29-19-13-11-18(12-14-19)26-24(28)21-15-23(16-7-9-17(25)10-8-16)27-22-6-4-3-5-20(21)22/h3-15H,2H2,1H3,(H,26,28). The summed E-state index contributed by atoms with van der Waals surface area (Å²) in [5.41, 5.74) is 3.79. The topological polar surface area (TPSA) is 51.2 Å². The molecule has 1 amide bonds. The Morgan fingerprint density at radius 3 is 2.45 bits per heavy atom. The minimum Gasteiger partial charge on any atom is -0.494 e. The minimum atomic E-state index is -0.175. The van der Waals surface area contributed by atoms with Crippen molar-refractivity contribution in [3.63, 3.8) is 0 Å². The predicted molar refractivity (Wildman–Crippen MR) is 120 cm³/mol. The van der Waals surface area contributed by atoms with E-state index < -0.39 is 0 Å². The summed E-state index contributed by atoms with van der Waals surface area (Å²) in [5, 5.41) is 3.79. The first-order valence-electron chi connectivity index (χ1n) is 9.34. The first-order chi connectivity index (χ1) is 14.1. The van der Waals surface area contributed by atoms with Gasteiger partial charge in [0.1, 0.15) is 5.75 Å². The maximum Gasteiger partial charge on any atom is 0.256 e. The molecule has 29 heavy (non-hydrogen) atoms. The number of carbonyl (C=O) groups excluding carboxylic acids is 1. The minimum absolute atomic E-state index is 0.175. The molecule has 0 saturated carbocycles. The molecule has 0 atom stereocenters. The van der Waals surface area contributed by atoms with Crippen LogP contribution in [0.4, 0.5) is 5.69 Å². The summed E-state index contributed by atoms with van der Waals surface area (Å²) in [6, 6.07) is 24.8. The first-order valence-corrected chi connectivity index (χ1v) is 10.1. The van der Waals surface area contributed by atoms with Gasteiger partial charge in [-0.25, -0.2) is 4.98 Å². The van der Waals surface area contributed by atoms with Crippen molar-refractivity contribution in [1.29, 1.82) is 0 Å². The van der Waals surface area contributed by atoms with Crippen LogP contribution in [0, 0.1) is 0 Å². The van der Waals surface area contributed by atoms with Crippen molar-refractivity contribution in [2.24, 2.45) is 0 Å². The Hall–Kier alpha value is -3.18. The third-order valence-corrected chi connectivity index (χ3v) is 5.05. The van der Waals surface area contributed by atoms with Crippen molar-refractivity contribution in [3.05, 3.63) is 88.9 Å². The van der Waals surface area contributed by atoms with E-state index in [2.05, 4.69) is 21.2 Å². The van der Waals surface area contributed by atoms with Gasteiger partial charge in [-0.3, -0.25) is 4.79 Å². The summed E-state index contributed by atoms with van der Waals surface area (Å²) in [4.78, 5) is 17.8. The Morgan fingerprint density at radius 1 is 1.00 bits per heavy atom. The molecular weight excluding hydrogens is 428 g/mol. The quantitative estimate of drug-likeness (QED) is 0.390. The Labute approximate surface area is 177 Å². The van der Waals surface area contributed by atoms with Gasteiger partial charge in [0.15, 0.2) is 0 Å². The van der Waals surface area contributed by atoms with Gasteiger partial charge in [-0.15, -0.1) is 0 Å². The second-order valence-electron chi connectivity index (χ2n) is 6.49. The van der Waals surface area contributed by atoms with Crippen LogP contribution in [0.25, 0.3) is 22.2 Å². The Kier molecular flexibility index (Phi) is 5.58. The average molecular weight is 447 g/mol. The summed E-state index contributed by atoms with van der Waals surface area (Å²) in [7, 11) is 0. The second-order valence-corrected chi connectivity index (χ2v) is 7.41. The zero-order chi connectivity index (χ0) is 20.2. The van der Waals surface area contributed by atoms with E-state index in [1.807, 2.05) is 85.8 Å². The number of nitrogens with zero attached hydrogens (tertiary/aromatic N) is 1. The third kappa shape index (κ3) is 4.30. The molecule has 5 heteroatoms. The van der Waals surface area contributed by atoms with Gasteiger partial charge < -0.3 is 10.1 Å². The lowest BCUT2D eigenvalue weighted by Crippen LogP contribution is -2.13. The van der Waals surface area contributed by atoms with E-state index in [1.165, 1.54) is 0 Å². The Balaban J connectivity index is 1.71. The van der Waals surface area contributed by atoms with Crippen LogP contribution in [0.5, 0.6) is 5.75 Å². The number of anilines is 1. The van der Waals surface area contributed by atoms with Gasteiger partial charge >= 0.3 is 0 Å². The second kappa shape index (κ2) is 8.45. The van der Waals surface area contributed by atoms with E-state index >= 15 is 0 Å². The summed E-state index contributed by atoms with van der Waals surface area (Å²) in [6.45, 7) is 2.54. The average Bonchev–Trinajstić information content (AvgIpc) is 2.75. The third-order valence-electron chi connectivity index (χ3n) is 4.52. The Morgan fingerprint density at radius 2 is 1.72 bits per heavy atom. The van der Waals surface area contributed by atoms with Crippen molar-refractivity contribution in [2.75, 3.05) is 11.9 Å². The molecule has 0 fully saturated rings. The summed E-state index contributed by atoms with van der Waals surface area (Å²) in [6.07, 6.45) is 0. The monoisotopic (exact) mass is 446 g/mol. The lowest BCUT2D eigenvalue weighted by atomic mass is 10.0. The van der Waals surface area contributed by atoms with Crippen molar-refractivity contribution >= 4 is 38.4 Å². The number of pyridine rings is 1. The summed E-state index contributed by atoms with van der Waals surface area (Å²) in [5.74, 6) is 0.600. The highest BCUT2D eigenvalue weighted by molar-refractivity contribution is 9.10. The number of fused-ring (bicyclic) bond motifs is 1. The number of aromatic nitrogens is 1. The lowest BCUT2D eigenvalue weighted by Gasteiger charge is -2.11. The first kappa shape index (κ1) is 19.2. The molecule has 4 nitrogen and oxygen atoms in total. The highest BCUT2D eigenvalue weighted by Crippen LogP contribution is 2.27. The fraction of sp³-hybridized carbons (Fsp3) is 0.0833. The van der Waals surface area contributed by atoms with Gasteiger partial charge in [-0.1, -0.05) is 46.3 Å². The Bertz CT molecular complexity index is 1160. The maximum absolute atomic E-state index is 13.1. The summed E-state index contributed by atoms with van der Waals surface area (Å²) >= 11 is 3.45. The fourth-order valence-corrected chi connectivity index (χ4v) is 3.40. The van der Waals surface area contributed by atoms with Crippen LogP contribution in [-0.2, 0) is 0 Å². The van der Waals surface area contributed by atoms with Gasteiger partial charge in [-0.05, 0) is 55.5 Å². The molecule has 4 aromatic rings. The molecule has 0 unspecified atom stereocenters. The van der Waals surface area contributed by atoms with Gasteiger partial charge in [0, 0.05) is 21.1 Å². The number of benzene rings is 3. The predicted octanol–water partition coefficient (Wildman–Crippen LogP) is 6.32. The van der Waals surface area contributed by atoms with E-state index in [4.69, 9.17) is 9.72 Å². The largest absolute Gasteiger partial charge is 0.494 e. The number of hydrogen-bond acceptors (Lipinski definition) is 3. The number of carbonyl (C=O) groups is 1. The van der Waals surface area contributed by atoms with E-state index in [0.717, 1.165) is 32.4 Å². The van der Waals surface area contributed by atoms with Gasteiger partial charge in [0.2, 0.25) is 0 Å². The van der Waals surface area contributed by atoms with Gasteiger partial charge in [-0.2, -0.15) is 0 Å². The van der Waals surface area contributed by atoms with Crippen molar-refractivity contribution in [3.8, 4) is 17.0 Å². The number of halogens is 1. The van der Waals surface area contributed by atoms with Crippen LogP contribution >= 0.6 is 15.9 Å². The molecule has 3 aromatic carbocycles. The highest BCUT2D eigenvalue weighted by atomic mass is 79.9. The van der Waals surface area contributed by atoms with Gasteiger partial charge in [0.05, 0.1) is 23.4 Å². The van der Waals surface area contributed by atoms with Crippen LogP contribution in [-0.4, -0.2) is 17.5 Å². The van der Waals surface area contributed by atoms with E-state index in [0.29, 0.717) is 17.9 Å². The van der Waals surface area contributed by atoms with E-state index in [-0.39, 0.29) is 5.91 Å². The molecule has 0 bridgehead atoms. The number of ether oxygens (including phenoxy) is 1. The maximum atomic E-state index is 13.1. The fourth-order valence-electron chi connectivity index (χ4n) is 3.13. The van der Waals surface area contributed by atoms with Crippen LogP contribution < -0.4 is 10.1 Å². The molecule has 0 aliphatic heterocycles. The van der Waals surface area contributed by atoms with Crippen LogP contribution in [0.2, 0.25) is 0 Å². The number of para-hydroxylation sites is 1. The highest BCUT2D eigenvalue weighted by Gasteiger charge is 2.14.